The smallest absolute Gasteiger partial charge is 0.148 e. The summed E-state index contributed by atoms with van der Waals surface area (Å²) in [6.45, 7) is 4.14. The number of thiophene rings is 1. The van der Waals surface area contributed by atoms with Crippen LogP contribution in [0.1, 0.15) is 28.3 Å². The van der Waals surface area contributed by atoms with Crippen LogP contribution in [0.15, 0.2) is 12.1 Å². The zero-order valence-corrected chi connectivity index (χ0v) is 13.5. The van der Waals surface area contributed by atoms with E-state index in [4.69, 9.17) is 5.73 Å². The Morgan fingerprint density at radius 2 is 2.11 bits per heavy atom. The molecule has 18 heavy (non-hydrogen) atoms. The monoisotopic (exact) mass is 307 g/mol. The Kier molecular flexibility index (Phi) is 6.17. The van der Waals surface area contributed by atoms with Crippen molar-refractivity contribution >= 4 is 32.9 Å². The Morgan fingerprint density at radius 3 is 2.56 bits per heavy atom. The summed E-state index contributed by atoms with van der Waals surface area (Å²) >= 11 is 3.40. The molecular formula is C12H21NO2S3. The van der Waals surface area contributed by atoms with Crippen LogP contribution in [-0.4, -0.2) is 32.2 Å². The predicted octanol–water partition coefficient (Wildman–Crippen LogP) is 2.61. The summed E-state index contributed by atoms with van der Waals surface area (Å²) in [4.78, 5) is 2.52. The summed E-state index contributed by atoms with van der Waals surface area (Å²) < 4.78 is 22.3. The van der Waals surface area contributed by atoms with Gasteiger partial charge in [-0.05, 0) is 25.5 Å². The lowest BCUT2D eigenvalue weighted by Gasteiger charge is -2.21. The SMILES string of the molecule is CCC(N)C(SCCS(C)(=O)=O)c1ccc(C)s1. The van der Waals surface area contributed by atoms with E-state index in [-0.39, 0.29) is 17.0 Å². The summed E-state index contributed by atoms with van der Waals surface area (Å²) in [6, 6.07) is 4.27. The van der Waals surface area contributed by atoms with E-state index < -0.39 is 9.84 Å². The Bertz CT molecular complexity index is 467. The lowest BCUT2D eigenvalue weighted by atomic mass is 10.1. The van der Waals surface area contributed by atoms with Crippen molar-refractivity contribution in [2.75, 3.05) is 17.8 Å². The van der Waals surface area contributed by atoms with Crippen molar-refractivity contribution in [1.29, 1.82) is 0 Å². The summed E-state index contributed by atoms with van der Waals surface area (Å²) in [7, 11) is -2.89. The Morgan fingerprint density at radius 1 is 1.44 bits per heavy atom. The van der Waals surface area contributed by atoms with E-state index in [9.17, 15) is 8.42 Å². The van der Waals surface area contributed by atoms with Crippen LogP contribution in [0.25, 0.3) is 0 Å². The van der Waals surface area contributed by atoms with Crippen LogP contribution >= 0.6 is 23.1 Å². The van der Waals surface area contributed by atoms with Gasteiger partial charge in [-0.2, -0.15) is 11.8 Å². The van der Waals surface area contributed by atoms with Gasteiger partial charge in [0.1, 0.15) is 9.84 Å². The average Bonchev–Trinajstić information content (AvgIpc) is 2.68. The number of thioether (sulfide) groups is 1. The molecule has 6 heteroatoms. The molecule has 2 atom stereocenters. The number of aryl methyl sites for hydroxylation is 1. The molecule has 0 bridgehead atoms. The molecule has 0 amide bonds. The van der Waals surface area contributed by atoms with Gasteiger partial charge < -0.3 is 5.73 Å². The highest BCUT2D eigenvalue weighted by Gasteiger charge is 2.21. The van der Waals surface area contributed by atoms with Crippen LogP contribution in [-0.2, 0) is 9.84 Å². The number of sulfone groups is 1. The fourth-order valence-corrected chi connectivity index (χ4v) is 5.38. The Balaban J connectivity index is 2.68. The Labute approximate surface area is 118 Å². The van der Waals surface area contributed by atoms with Gasteiger partial charge in [0.15, 0.2) is 0 Å². The minimum atomic E-state index is -2.89. The quantitative estimate of drug-likeness (QED) is 0.841. The van der Waals surface area contributed by atoms with Crippen LogP contribution in [0.2, 0.25) is 0 Å². The lowest BCUT2D eigenvalue weighted by Crippen LogP contribution is -2.25. The first kappa shape index (κ1) is 16.0. The standard InChI is InChI=1S/C12H21NO2S3/c1-4-10(13)12(11-6-5-9(2)17-11)16-7-8-18(3,14)15/h5-6,10,12H,4,7-8,13H2,1-3H3. The molecule has 0 saturated heterocycles. The Hall–Kier alpha value is -0.0400. The van der Waals surface area contributed by atoms with Crippen molar-refractivity contribution in [2.24, 2.45) is 5.73 Å². The van der Waals surface area contributed by atoms with Gasteiger partial charge in [-0.25, -0.2) is 8.42 Å². The van der Waals surface area contributed by atoms with Crippen LogP contribution in [0, 0.1) is 6.92 Å². The van der Waals surface area contributed by atoms with Crippen LogP contribution < -0.4 is 5.73 Å². The molecule has 2 unspecified atom stereocenters. The van der Waals surface area contributed by atoms with Gasteiger partial charge in [0.25, 0.3) is 0 Å². The highest BCUT2D eigenvalue weighted by molar-refractivity contribution is 8.01. The highest BCUT2D eigenvalue weighted by atomic mass is 32.2. The third kappa shape index (κ3) is 5.30. The summed E-state index contributed by atoms with van der Waals surface area (Å²) in [5, 5.41) is 0.204. The maximum absolute atomic E-state index is 11.2. The first-order valence-electron chi connectivity index (χ1n) is 5.94. The van der Waals surface area contributed by atoms with Crippen molar-refractivity contribution in [3.63, 3.8) is 0 Å². The van der Waals surface area contributed by atoms with Crippen molar-refractivity contribution in [1.82, 2.24) is 0 Å². The maximum atomic E-state index is 11.2. The van der Waals surface area contributed by atoms with Gasteiger partial charge in [0, 0.05) is 27.8 Å². The van der Waals surface area contributed by atoms with E-state index in [0.29, 0.717) is 5.75 Å². The molecule has 1 aromatic rings. The van der Waals surface area contributed by atoms with Crippen LogP contribution in [0.3, 0.4) is 0 Å². The zero-order chi connectivity index (χ0) is 13.8. The van der Waals surface area contributed by atoms with Crippen LogP contribution in [0.4, 0.5) is 0 Å². The number of hydrogen-bond donors (Lipinski definition) is 1. The van der Waals surface area contributed by atoms with Gasteiger partial charge in [-0.3, -0.25) is 0 Å². The molecule has 0 aliphatic rings. The van der Waals surface area contributed by atoms with Crippen molar-refractivity contribution in [2.45, 2.75) is 31.6 Å². The molecule has 3 nitrogen and oxygen atoms in total. The van der Waals surface area contributed by atoms with Crippen molar-refractivity contribution in [3.05, 3.63) is 21.9 Å². The van der Waals surface area contributed by atoms with E-state index in [2.05, 4.69) is 26.0 Å². The molecular weight excluding hydrogens is 286 g/mol. The fraction of sp³-hybridized carbons (Fsp3) is 0.667. The zero-order valence-electron chi connectivity index (χ0n) is 11.0. The minimum Gasteiger partial charge on any atom is -0.326 e. The molecule has 0 aliphatic carbocycles. The second kappa shape index (κ2) is 6.93. The molecule has 1 heterocycles. The molecule has 0 fully saturated rings. The molecule has 0 aromatic carbocycles. The van der Waals surface area contributed by atoms with Gasteiger partial charge >= 0.3 is 0 Å². The maximum Gasteiger partial charge on any atom is 0.148 e. The van der Waals surface area contributed by atoms with E-state index in [1.165, 1.54) is 16.0 Å². The van der Waals surface area contributed by atoms with Crippen molar-refractivity contribution in [3.8, 4) is 0 Å². The molecule has 1 aromatic heterocycles. The first-order valence-corrected chi connectivity index (χ1v) is 9.87. The second-order valence-electron chi connectivity index (χ2n) is 4.44. The topological polar surface area (TPSA) is 60.2 Å². The average molecular weight is 308 g/mol. The third-order valence-electron chi connectivity index (χ3n) is 2.65. The van der Waals surface area contributed by atoms with E-state index >= 15 is 0 Å². The van der Waals surface area contributed by atoms with Gasteiger partial charge in [-0.15, -0.1) is 11.3 Å². The molecule has 104 valence electrons. The number of nitrogens with two attached hydrogens (primary N) is 1. The minimum absolute atomic E-state index is 0.0765. The van der Waals surface area contributed by atoms with Gasteiger partial charge in [0.05, 0.1) is 11.0 Å². The van der Waals surface area contributed by atoms with Gasteiger partial charge in [0.2, 0.25) is 0 Å². The molecule has 2 N–H and O–H groups in total. The molecule has 0 spiro atoms. The van der Waals surface area contributed by atoms with Crippen LogP contribution in [0.5, 0.6) is 0 Å². The normalized spacial score (nSPS) is 15.6. The fourth-order valence-electron chi connectivity index (χ4n) is 1.56. The van der Waals surface area contributed by atoms with Gasteiger partial charge in [-0.1, -0.05) is 6.92 Å². The van der Waals surface area contributed by atoms with E-state index in [1.807, 2.05) is 0 Å². The van der Waals surface area contributed by atoms with Crippen molar-refractivity contribution < 1.29 is 8.42 Å². The molecule has 0 saturated carbocycles. The largest absolute Gasteiger partial charge is 0.326 e. The molecule has 0 radical (unpaired) electrons. The summed E-state index contributed by atoms with van der Waals surface area (Å²) in [6.07, 6.45) is 2.17. The molecule has 0 aliphatic heterocycles. The predicted molar refractivity (Wildman–Crippen MR) is 82.2 cm³/mol. The van der Waals surface area contributed by atoms with E-state index in [0.717, 1.165) is 6.42 Å². The second-order valence-corrected chi connectivity index (χ2v) is 9.27. The first-order chi connectivity index (χ1) is 8.33. The summed E-state index contributed by atoms with van der Waals surface area (Å²) in [5.74, 6) is 0.823. The molecule has 1 rings (SSSR count). The lowest BCUT2D eigenvalue weighted by molar-refractivity contribution is 0.603. The van der Waals surface area contributed by atoms with E-state index in [1.54, 1.807) is 23.1 Å². The number of hydrogen-bond acceptors (Lipinski definition) is 5. The summed E-state index contributed by atoms with van der Waals surface area (Å²) in [5.41, 5.74) is 6.14. The highest BCUT2D eigenvalue weighted by Crippen LogP contribution is 2.36. The third-order valence-corrected chi connectivity index (χ3v) is 6.49. The number of rotatable bonds is 7.